The van der Waals surface area contributed by atoms with E-state index in [2.05, 4.69) is 5.32 Å². The van der Waals surface area contributed by atoms with Crippen molar-refractivity contribution in [2.45, 2.75) is 57.3 Å². The number of hydrogen-bond acceptors (Lipinski definition) is 4. The van der Waals surface area contributed by atoms with Crippen LogP contribution in [0.3, 0.4) is 0 Å². The summed E-state index contributed by atoms with van der Waals surface area (Å²) < 4.78 is 82.4. The highest BCUT2D eigenvalue weighted by Crippen LogP contribution is 2.33. The highest BCUT2D eigenvalue weighted by atomic mass is 32.2. The fourth-order valence-electron chi connectivity index (χ4n) is 4.11. The van der Waals surface area contributed by atoms with E-state index in [4.69, 9.17) is 0 Å². The van der Waals surface area contributed by atoms with E-state index in [9.17, 15) is 35.6 Å². The van der Waals surface area contributed by atoms with E-state index in [1.807, 2.05) is 6.92 Å². The minimum atomic E-state index is -4.76. The molecule has 1 N–H and O–H groups in total. The van der Waals surface area contributed by atoms with Crippen molar-refractivity contribution < 1.29 is 35.6 Å². The molecule has 0 saturated carbocycles. The highest BCUT2D eigenvalue weighted by molar-refractivity contribution is 7.92. The van der Waals surface area contributed by atoms with Crippen LogP contribution < -0.4 is 9.62 Å². The standard InChI is InChI=1S/C30H33F4N3O4S/c1-4-5-17-35-29(39)22(3)36(19-23-11-13-25(31)14-12-23)28(38)20-37(26-8-6-7-24(18-26)30(32,33)34)42(40,41)27-15-9-21(2)10-16-27/h6-16,18,22H,4-5,17,19-20H2,1-3H3,(H,35,39)/t22-/m0/s1. The number of anilines is 1. The first-order valence-corrected chi connectivity index (χ1v) is 14.8. The zero-order chi connectivity index (χ0) is 31.1. The van der Waals surface area contributed by atoms with Crippen LogP contribution in [-0.2, 0) is 32.3 Å². The molecule has 226 valence electrons. The second-order valence-electron chi connectivity index (χ2n) is 9.84. The molecule has 3 rings (SSSR count). The molecule has 3 aromatic rings. The number of rotatable bonds is 12. The first-order valence-electron chi connectivity index (χ1n) is 13.3. The van der Waals surface area contributed by atoms with Gasteiger partial charge >= 0.3 is 6.18 Å². The van der Waals surface area contributed by atoms with Crippen molar-refractivity contribution in [2.75, 3.05) is 17.4 Å². The number of hydrogen-bond donors (Lipinski definition) is 1. The normalized spacial score (nSPS) is 12.5. The van der Waals surface area contributed by atoms with Gasteiger partial charge in [-0.15, -0.1) is 0 Å². The molecule has 2 amide bonds. The molecule has 0 bridgehead atoms. The Hall–Kier alpha value is -3.93. The quantitative estimate of drug-likeness (QED) is 0.212. The monoisotopic (exact) mass is 607 g/mol. The SMILES string of the molecule is CCCCNC(=O)[C@H](C)N(Cc1ccc(F)cc1)C(=O)CN(c1cccc(C(F)(F)F)c1)S(=O)(=O)c1ccc(C)cc1. The Labute approximate surface area is 243 Å². The molecule has 0 unspecified atom stereocenters. The maximum atomic E-state index is 13.8. The van der Waals surface area contributed by atoms with Crippen LogP contribution in [-0.4, -0.2) is 44.3 Å². The number of aryl methyl sites for hydroxylation is 1. The predicted molar refractivity (Wildman–Crippen MR) is 151 cm³/mol. The van der Waals surface area contributed by atoms with Gasteiger partial charge in [-0.1, -0.05) is 49.2 Å². The zero-order valence-corrected chi connectivity index (χ0v) is 24.3. The number of benzene rings is 3. The highest BCUT2D eigenvalue weighted by Gasteiger charge is 2.35. The largest absolute Gasteiger partial charge is 0.416 e. The van der Waals surface area contributed by atoms with E-state index >= 15 is 0 Å². The third-order valence-electron chi connectivity index (χ3n) is 6.61. The lowest BCUT2D eigenvalue weighted by Gasteiger charge is -2.32. The number of carbonyl (C=O) groups excluding carboxylic acids is 2. The van der Waals surface area contributed by atoms with E-state index < -0.39 is 52.0 Å². The molecule has 0 saturated heterocycles. The minimum Gasteiger partial charge on any atom is -0.354 e. The van der Waals surface area contributed by atoms with Gasteiger partial charge in [0.05, 0.1) is 16.1 Å². The van der Waals surface area contributed by atoms with Crippen LogP contribution in [0, 0.1) is 12.7 Å². The number of halogens is 4. The predicted octanol–water partition coefficient (Wildman–Crippen LogP) is 5.68. The molecule has 0 spiro atoms. The summed E-state index contributed by atoms with van der Waals surface area (Å²) in [6.45, 7) is 4.43. The molecule has 0 radical (unpaired) electrons. The maximum absolute atomic E-state index is 13.8. The molecular weight excluding hydrogens is 574 g/mol. The average Bonchev–Trinajstić information content (AvgIpc) is 2.95. The Bertz CT molecular complexity index is 1480. The lowest BCUT2D eigenvalue weighted by atomic mass is 10.1. The van der Waals surface area contributed by atoms with E-state index in [1.54, 1.807) is 6.92 Å². The number of unbranched alkanes of at least 4 members (excludes halogenated alkanes) is 1. The number of sulfonamides is 1. The van der Waals surface area contributed by atoms with Gasteiger partial charge in [0, 0.05) is 13.1 Å². The van der Waals surface area contributed by atoms with Gasteiger partial charge < -0.3 is 10.2 Å². The lowest BCUT2D eigenvalue weighted by molar-refractivity contribution is -0.139. The Kier molecular flexibility index (Phi) is 10.7. The topological polar surface area (TPSA) is 86.8 Å². The second-order valence-corrected chi connectivity index (χ2v) is 11.7. The van der Waals surface area contributed by atoms with E-state index in [1.165, 1.54) is 61.5 Å². The van der Waals surface area contributed by atoms with E-state index in [0.29, 0.717) is 28.9 Å². The van der Waals surface area contributed by atoms with Crippen molar-refractivity contribution in [3.63, 3.8) is 0 Å². The summed E-state index contributed by atoms with van der Waals surface area (Å²) >= 11 is 0. The van der Waals surface area contributed by atoms with Crippen LogP contribution >= 0.6 is 0 Å². The van der Waals surface area contributed by atoms with Gasteiger partial charge in [0.2, 0.25) is 11.8 Å². The summed E-state index contributed by atoms with van der Waals surface area (Å²) in [6, 6.07) is 13.5. The second kappa shape index (κ2) is 13.8. The number of nitrogens with one attached hydrogen (secondary N) is 1. The Morgan fingerprint density at radius 2 is 1.62 bits per heavy atom. The molecule has 0 aliphatic rings. The summed E-state index contributed by atoms with van der Waals surface area (Å²) in [5.41, 5.74) is -0.252. The third kappa shape index (κ3) is 8.31. The minimum absolute atomic E-state index is 0.178. The summed E-state index contributed by atoms with van der Waals surface area (Å²) in [4.78, 5) is 27.7. The number of carbonyl (C=O) groups is 2. The number of alkyl halides is 3. The van der Waals surface area contributed by atoms with E-state index in [0.717, 1.165) is 29.0 Å². The van der Waals surface area contributed by atoms with Gasteiger partial charge in [-0.3, -0.25) is 13.9 Å². The molecule has 3 aromatic carbocycles. The van der Waals surface area contributed by atoms with Gasteiger partial charge in [0.15, 0.2) is 0 Å². The van der Waals surface area contributed by atoms with Crippen LogP contribution in [0.15, 0.2) is 77.7 Å². The Balaban J connectivity index is 2.06. The maximum Gasteiger partial charge on any atom is 0.416 e. The van der Waals surface area contributed by atoms with Crippen molar-refractivity contribution in [3.8, 4) is 0 Å². The molecule has 0 aliphatic carbocycles. The third-order valence-corrected chi connectivity index (χ3v) is 8.40. The van der Waals surface area contributed by atoms with Crippen molar-refractivity contribution in [1.82, 2.24) is 10.2 Å². The Morgan fingerprint density at radius 1 is 0.976 bits per heavy atom. The number of amides is 2. The first kappa shape index (κ1) is 32.6. The van der Waals surface area contributed by atoms with Crippen LogP contribution in [0.2, 0.25) is 0 Å². The Morgan fingerprint density at radius 3 is 2.21 bits per heavy atom. The summed E-state index contributed by atoms with van der Waals surface area (Å²) in [5.74, 6) is -1.85. The van der Waals surface area contributed by atoms with E-state index in [-0.39, 0.29) is 17.1 Å². The molecule has 0 fully saturated rings. The molecule has 1 atom stereocenters. The van der Waals surface area contributed by atoms with Crippen molar-refractivity contribution in [3.05, 3.63) is 95.3 Å². The van der Waals surface area contributed by atoms with Gasteiger partial charge in [-0.2, -0.15) is 13.2 Å². The lowest BCUT2D eigenvalue weighted by Crippen LogP contribution is -2.51. The average molecular weight is 608 g/mol. The van der Waals surface area contributed by atoms with Crippen LogP contribution in [0.1, 0.15) is 43.4 Å². The van der Waals surface area contributed by atoms with Gasteiger partial charge in [0.1, 0.15) is 18.4 Å². The fourth-order valence-corrected chi connectivity index (χ4v) is 5.51. The summed E-state index contributed by atoms with van der Waals surface area (Å²) in [6.07, 6.45) is -3.25. The van der Waals surface area contributed by atoms with Crippen LogP contribution in [0.4, 0.5) is 23.2 Å². The van der Waals surface area contributed by atoms with Crippen molar-refractivity contribution >= 4 is 27.5 Å². The first-order chi connectivity index (χ1) is 19.7. The summed E-state index contributed by atoms with van der Waals surface area (Å²) in [7, 11) is -4.54. The number of nitrogens with zero attached hydrogens (tertiary/aromatic N) is 2. The molecule has 42 heavy (non-hydrogen) atoms. The smallest absolute Gasteiger partial charge is 0.354 e. The molecule has 0 heterocycles. The van der Waals surface area contributed by atoms with Gasteiger partial charge in [-0.05, 0) is 68.3 Å². The molecule has 7 nitrogen and oxygen atoms in total. The van der Waals surface area contributed by atoms with Crippen molar-refractivity contribution in [1.29, 1.82) is 0 Å². The molecule has 0 aliphatic heterocycles. The molecular formula is C30H33F4N3O4S. The van der Waals surface area contributed by atoms with Crippen molar-refractivity contribution in [2.24, 2.45) is 0 Å². The fraction of sp³-hybridized carbons (Fsp3) is 0.333. The molecule has 0 aromatic heterocycles. The van der Waals surface area contributed by atoms with Crippen LogP contribution in [0.25, 0.3) is 0 Å². The summed E-state index contributed by atoms with van der Waals surface area (Å²) in [5, 5.41) is 2.73. The van der Waals surface area contributed by atoms with Crippen LogP contribution in [0.5, 0.6) is 0 Å². The zero-order valence-electron chi connectivity index (χ0n) is 23.5. The molecule has 12 heteroatoms. The van der Waals surface area contributed by atoms with Gasteiger partial charge in [-0.25, -0.2) is 12.8 Å². The van der Waals surface area contributed by atoms with Gasteiger partial charge in [0.25, 0.3) is 10.0 Å².